The summed E-state index contributed by atoms with van der Waals surface area (Å²) in [4.78, 5) is 21.8. The van der Waals surface area contributed by atoms with Crippen molar-refractivity contribution in [1.82, 2.24) is 24.7 Å². The van der Waals surface area contributed by atoms with Crippen LogP contribution >= 0.6 is 0 Å². The molecule has 0 spiro atoms. The van der Waals surface area contributed by atoms with E-state index < -0.39 is 5.97 Å². The number of hydrogen-bond donors (Lipinski definition) is 2. The molecule has 2 heterocycles. The predicted octanol–water partition coefficient (Wildman–Crippen LogP) is 1.03. The minimum absolute atomic E-state index is 0.0239. The quantitative estimate of drug-likeness (QED) is 0.828. The smallest absolute Gasteiger partial charge is 0.354 e. The summed E-state index contributed by atoms with van der Waals surface area (Å²) in [6.45, 7) is 3.95. The van der Waals surface area contributed by atoms with E-state index in [9.17, 15) is 4.79 Å². The Morgan fingerprint density at radius 1 is 1.53 bits per heavy atom. The number of hydrogen-bond acceptors (Lipinski definition) is 4. The highest BCUT2D eigenvalue weighted by Gasteiger charge is 2.20. The second kappa shape index (κ2) is 4.00. The molecule has 0 aliphatic rings. The van der Waals surface area contributed by atoms with Crippen LogP contribution in [0.15, 0.2) is 6.33 Å². The summed E-state index contributed by atoms with van der Waals surface area (Å²) in [5.41, 5.74) is 0.329. The Bertz CT molecular complexity index is 555. The Kier molecular flexibility index (Phi) is 2.66. The maximum absolute atomic E-state index is 11.0. The Hall–Kier alpha value is -2.18. The van der Waals surface area contributed by atoms with Crippen molar-refractivity contribution in [2.24, 2.45) is 7.05 Å². The van der Waals surface area contributed by atoms with Gasteiger partial charge < -0.3 is 10.1 Å². The van der Waals surface area contributed by atoms with Gasteiger partial charge in [-0.2, -0.15) is 5.10 Å². The summed E-state index contributed by atoms with van der Waals surface area (Å²) in [5.74, 6) is 0.239. The van der Waals surface area contributed by atoms with Crippen molar-refractivity contribution < 1.29 is 9.90 Å². The number of nitrogens with zero attached hydrogens (tertiary/aromatic N) is 4. The third-order valence-corrected chi connectivity index (χ3v) is 2.36. The van der Waals surface area contributed by atoms with Crippen molar-refractivity contribution in [2.45, 2.75) is 19.8 Å². The molecule has 7 nitrogen and oxygen atoms in total. The number of imidazole rings is 1. The van der Waals surface area contributed by atoms with E-state index in [-0.39, 0.29) is 11.6 Å². The molecule has 17 heavy (non-hydrogen) atoms. The molecular weight excluding hydrogens is 222 g/mol. The number of nitrogens with one attached hydrogen (secondary N) is 1. The summed E-state index contributed by atoms with van der Waals surface area (Å²) < 4.78 is 1.54. The minimum Gasteiger partial charge on any atom is -0.477 e. The van der Waals surface area contributed by atoms with E-state index in [2.05, 4.69) is 20.1 Å². The highest BCUT2D eigenvalue weighted by molar-refractivity contribution is 5.91. The van der Waals surface area contributed by atoms with Crippen molar-refractivity contribution in [3.8, 4) is 11.5 Å². The molecule has 2 rings (SSSR count). The van der Waals surface area contributed by atoms with E-state index in [0.717, 1.165) is 0 Å². The zero-order valence-electron chi connectivity index (χ0n) is 9.80. The molecule has 0 aromatic carbocycles. The van der Waals surface area contributed by atoms with Crippen LogP contribution < -0.4 is 0 Å². The second-order valence-electron chi connectivity index (χ2n) is 4.00. The first-order valence-electron chi connectivity index (χ1n) is 5.18. The molecule has 0 aliphatic heterocycles. The van der Waals surface area contributed by atoms with Crippen molar-refractivity contribution in [2.75, 3.05) is 0 Å². The first kappa shape index (κ1) is 11.3. The summed E-state index contributed by atoms with van der Waals surface area (Å²) in [7, 11) is 1.72. The summed E-state index contributed by atoms with van der Waals surface area (Å²) in [6, 6.07) is 0. The minimum atomic E-state index is -1.06. The molecule has 0 saturated carbocycles. The lowest BCUT2D eigenvalue weighted by Gasteiger charge is -1.96. The van der Waals surface area contributed by atoms with E-state index in [4.69, 9.17) is 5.11 Å². The SMILES string of the molecule is CC(C)c1nc(-c2nc[nH]c2C(=O)O)n(C)n1. The number of aromatic carboxylic acids is 1. The molecule has 7 heteroatoms. The number of aryl methyl sites for hydroxylation is 1. The van der Waals surface area contributed by atoms with Gasteiger partial charge in [-0.15, -0.1) is 0 Å². The molecule has 2 N–H and O–H groups in total. The second-order valence-corrected chi connectivity index (χ2v) is 4.00. The third kappa shape index (κ3) is 1.91. The topological polar surface area (TPSA) is 96.7 Å². The van der Waals surface area contributed by atoms with Crippen LogP contribution in [0.1, 0.15) is 36.1 Å². The largest absolute Gasteiger partial charge is 0.477 e. The van der Waals surface area contributed by atoms with Gasteiger partial charge in [-0.25, -0.2) is 19.4 Å². The molecule has 0 aliphatic carbocycles. The molecule has 90 valence electrons. The normalized spacial score (nSPS) is 11.1. The van der Waals surface area contributed by atoms with Crippen molar-refractivity contribution in [1.29, 1.82) is 0 Å². The summed E-state index contributed by atoms with van der Waals surface area (Å²) in [5, 5.41) is 13.2. The van der Waals surface area contributed by atoms with Gasteiger partial charge in [0, 0.05) is 13.0 Å². The van der Waals surface area contributed by atoms with Crippen LogP contribution in [0.2, 0.25) is 0 Å². The van der Waals surface area contributed by atoms with Gasteiger partial charge >= 0.3 is 5.97 Å². The number of H-pyrrole nitrogens is 1. The molecule has 0 saturated heterocycles. The standard InChI is InChI=1S/C10H13N5O2/c1-5(2)8-13-9(15(3)14-8)6-7(10(16)17)12-4-11-6/h4-5H,1-3H3,(H,11,12)(H,16,17). The van der Waals surface area contributed by atoms with E-state index >= 15 is 0 Å². The summed E-state index contributed by atoms with van der Waals surface area (Å²) >= 11 is 0. The third-order valence-electron chi connectivity index (χ3n) is 2.36. The number of carbonyl (C=O) groups is 1. The van der Waals surface area contributed by atoms with Gasteiger partial charge in [0.2, 0.25) is 0 Å². The zero-order chi connectivity index (χ0) is 12.6. The van der Waals surface area contributed by atoms with Crippen molar-refractivity contribution >= 4 is 5.97 Å². The fourth-order valence-corrected chi connectivity index (χ4v) is 1.48. The van der Waals surface area contributed by atoms with E-state index in [1.54, 1.807) is 7.05 Å². The highest BCUT2D eigenvalue weighted by atomic mass is 16.4. The van der Waals surface area contributed by atoms with E-state index in [1.807, 2.05) is 13.8 Å². The molecule has 0 atom stereocenters. The molecule has 0 unspecified atom stereocenters. The van der Waals surface area contributed by atoms with Crippen LogP contribution in [-0.4, -0.2) is 35.8 Å². The van der Waals surface area contributed by atoms with Crippen molar-refractivity contribution in [3.63, 3.8) is 0 Å². The van der Waals surface area contributed by atoms with Crippen LogP contribution in [0.25, 0.3) is 11.5 Å². The van der Waals surface area contributed by atoms with E-state index in [1.165, 1.54) is 11.0 Å². The number of carboxylic acid groups (broad SMARTS) is 1. The number of rotatable bonds is 3. The van der Waals surface area contributed by atoms with Gasteiger partial charge in [0.15, 0.2) is 17.3 Å². The molecular formula is C10H13N5O2. The fraction of sp³-hybridized carbons (Fsp3) is 0.400. The predicted molar refractivity (Wildman–Crippen MR) is 59.6 cm³/mol. The monoisotopic (exact) mass is 235 g/mol. The molecule has 2 aromatic rings. The maximum atomic E-state index is 11.0. The van der Waals surface area contributed by atoms with Crippen LogP contribution in [0.5, 0.6) is 0 Å². The lowest BCUT2D eigenvalue weighted by Crippen LogP contribution is -2.02. The Labute approximate surface area is 97.5 Å². The molecule has 0 amide bonds. The molecule has 0 bridgehead atoms. The van der Waals surface area contributed by atoms with Gasteiger partial charge in [-0.1, -0.05) is 13.8 Å². The lowest BCUT2D eigenvalue weighted by molar-refractivity contribution is 0.0692. The van der Waals surface area contributed by atoms with Crippen LogP contribution in [0, 0.1) is 0 Å². The Morgan fingerprint density at radius 2 is 2.24 bits per heavy atom. The molecule has 0 fully saturated rings. The Morgan fingerprint density at radius 3 is 2.76 bits per heavy atom. The van der Waals surface area contributed by atoms with Gasteiger partial charge in [0.05, 0.1) is 6.33 Å². The first-order chi connectivity index (χ1) is 8.00. The fourth-order valence-electron chi connectivity index (χ4n) is 1.48. The summed E-state index contributed by atoms with van der Waals surface area (Å²) in [6.07, 6.45) is 1.34. The van der Waals surface area contributed by atoms with Crippen molar-refractivity contribution in [3.05, 3.63) is 17.8 Å². The van der Waals surface area contributed by atoms with Crippen LogP contribution in [0.3, 0.4) is 0 Å². The Balaban J connectivity index is 2.53. The lowest BCUT2D eigenvalue weighted by atomic mass is 10.2. The average molecular weight is 235 g/mol. The van der Waals surface area contributed by atoms with Gasteiger partial charge in [-0.3, -0.25) is 0 Å². The van der Waals surface area contributed by atoms with E-state index in [0.29, 0.717) is 17.3 Å². The average Bonchev–Trinajstić information content (AvgIpc) is 2.82. The number of carboxylic acids is 1. The molecule has 0 radical (unpaired) electrons. The first-order valence-corrected chi connectivity index (χ1v) is 5.18. The van der Waals surface area contributed by atoms with Crippen LogP contribution in [0.4, 0.5) is 0 Å². The zero-order valence-corrected chi connectivity index (χ0v) is 9.80. The molecule has 2 aromatic heterocycles. The van der Waals surface area contributed by atoms with Crippen LogP contribution in [-0.2, 0) is 7.05 Å². The van der Waals surface area contributed by atoms with Gasteiger partial charge in [0.25, 0.3) is 0 Å². The number of aromatic amines is 1. The number of aromatic nitrogens is 5. The van der Waals surface area contributed by atoms with Gasteiger partial charge in [-0.05, 0) is 0 Å². The van der Waals surface area contributed by atoms with Gasteiger partial charge in [0.1, 0.15) is 5.69 Å². The maximum Gasteiger partial charge on any atom is 0.354 e. The highest BCUT2D eigenvalue weighted by Crippen LogP contribution is 2.20.